The molecule has 6 heteroatoms. The summed E-state index contributed by atoms with van der Waals surface area (Å²) in [6.07, 6.45) is 6.99. The van der Waals surface area contributed by atoms with Gasteiger partial charge in [-0.15, -0.1) is 0 Å². The summed E-state index contributed by atoms with van der Waals surface area (Å²) in [7, 11) is 3.58. The summed E-state index contributed by atoms with van der Waals surface area (Å²) in [6.45, 7) is 3.15. The smallest absolute Gasteiger partial charge is 0.319 e. The number of hydrogen-bond acceptors (Lipinski definition) is 3. The van der Waals surface area contributed by atoms with Gasteiger partial charge in [0, 0.05) is 58.1 Å². The zero-order valence-electron chi connectivity index (χ0n) is 14.6. The minimum atomic E-state index is 0.0747. The molecule has 3 heterocycles. The molecule has 0 aromatic carbocycles. The van der Waals surface area contributed by atoms with Gasteiger partial charge in [0.25, 0.3) is 0 Å². The van der Waals surface area contributed by atoms with E-state index in [9.17, 15) is 9.59 Å². The summed E-state index contributed by atoms with van der Waals surface area (Å²) in [6, 6.07) is 3.88. The first-order valence-corrected chi connectivity index (χ1v) is 8.62. The maximum absolute atomic E-state index is 12.6. The Morgan fingerprint density at radius 2 is 2.00 bits per heavy atom. The van der Waals surface area contributed by atoms with Gasteiger partial charge in [0.2, 0.25) is 5.91 Å². The van der Waals surface area contributed by atoms with Crippen molar-refractivity contribution in [3.8, 4) is 0 Å². The van der Waals surface area contributed by atoms with Crippen LogP contribution in [0.4, 0.5) is 4.79 Å². The molecule has 1 atom stereocenters. The van der Waals surface area contributed by atoms with E-state index in [1.54, 1.807) is 31.4 Å². The highest BCUT2D eigenvalue weighted by atomic mass is 16.2. The SMILES string of the molecule is CN(C)C(=O)N1CC[C@@]2(CCCN(C(=O)Cc3cccnc3)C2)C1. The fourth-order valence-electron chi connectivity index (χ4n) is 3.92. The van der Waals surface area contributed by atoms with Crippen LogP contribution >= 0.6 is 0 Å². The Balaban J connectivity index is 1.62. The molecule has 0 bridgehead atoms. The Kier molecular flexibility index (Phi) is 4.73. The molecule has 24 heavy (non-hydrogen) atoms. The molecule has 2 saturated heterocycles. The van der Waals surface area contributed by atoms with Gasteiger partial charge in [-0.25, -0.2) is 4.79 Å². The number of piperidine rings is 1. The molecule has 0 saturated carbocycles. The number of nitrogens with zero attached hydrogens (tertiary/aromatic N) is 4. The van der Waals surface area contributed by atoms with E-state index in [0.717, 1.165) is 51.0 Å². The lowest BCUT2D eigenvalue weighted by molar-refractivity contribution is -0.133. The number of aromatic nitrogens is 1. The van der Waals surface area contributed by atoms with Gasteiger partial charge >= 0.3 is 6.03 Å². The molecule has 0 N–H and O–H groups in total. The average molecular weight is 330 g/mol. The number of carbonyl (C=O) groups is 2. The summed E-state index contributed by atoms with van der Waals surface area (Å²) in [4.78, 5) is 34.5. The zero-order chi connectivity index (χ0) is 17.2. The summed E-state index contributed by atoms with van der Waals surface area (Å²) in [5.74, 6) is 0.166. The fraction of sp³-hybridized carbons (Fsp3) is 0.611. The van der Waals surface area contributed by atoms with Gasteiger partial charge in [-0.2, -0.15) is 0 Å². The van der Waals surface area contributed by atoms with Gasteiger partial charge in [-0.1, -0.05) is 6.07 Å². The van der Waals surface area contributed by atoms with Gasteiger partial charge < -0.3 is 14.7 Å². The topological polar surface area (TPSA) is 56.8 Å². The van der Waals surface area contributed by atoms with E-state index < -0.39 is 0 Å². The molecule has 1 aromatic heterocycles. The maximum atomic E-state index is 12.6. The van der Waals surface area contributed by atoms with E-state index in [1.165, 1.54) is 0 Å². The summed E-state index contributed by atoms with van der Waals surface area (Å²) in [5.41, 5.74) is 1.03. The van der Waals surface area contributed by atoms with Crippen molar-refractivity contribution in [2.24, 2.45) is 5.41 Å². The lowest BCUT2D eigenvalue weighted by atomic mass is 9.79. The van der Waals surface area contributed by atoms with Crippen LogP contribution in [-0.2, 0) is 11.2 Å². The molecule has 0 radical (unpaired) electrons. The Labute approximate surface area is 143 Å². The molecule has 130 valence electrons. The van der Waals surface area contributed by atoms with Crippen LogP contribution in [0.2, 0.25) is 0 Å². The van der Waals surface area contributed by atoms with Crippen molar-refractivity contribution in [1.29, 1.82) is 0 Å². The van der Waals surface area contributed by atoms with E-state index in [1.807, 2.05) is 21.9 Å². The number of carbonyl (C=O) groups excluding carboxylic acids is 2. The fourth-order valence-corrected chi connectivity index (χ4v) is 3.92. The summed E-state index contributed by atoms with van der Waals surface area (Å²) < 4.78 is 0. The van der Waals surface area contributed by atoms with Crippen LogP contribution in [0.3, 0.4) is 0 Å². The number of pyridine rings is 1. The number of urea groups is 1. The van der Waals surface area contributed by atoms with E-state index in [0.29, 0.717) is 6.42 Å². The summed E-state index contributed by atoms with van der Waals surface area (Å²) in [5, 5.41) is 0. The van der Waals surface area contributed by atoms with Gasteiger partial charge in [-0.05, 0) is 30.9 Å². The van der Waals surface area contributed by atoms with Crippen molar-refractivity contribution in [2.75, 3.05) is 40.3 Å². The van der Waals surface area contributed by atoms with E-state index >= 15 is 0 Å². The Hall–Kier alpha value is -2.11. The Morgan fingerprint density at radius 3 is 2.71 bits per heavy atom. The molecule has 1 spiro atoms. The maximum Gasteiger partial charge on any atom is 0.319 e. The number of rotatable bonds is 2. The molecule has 2 aliphatic heterocycles. The monoisotopic (exact) mass is 330 g/mol. The lowest BCUT2D eigenvalue weighted by Gasteiger charge is -2.40. The van der Waals surface area contributed by atoms with Crippen LogP contribution in [0.25, 0.3) is 0 Å². The third kappa shape index (κ3) is 3.52. The number of amides is 3. The largest absolute Gasteiger partial charge is 0.342 e. The van der Waals surface area contributed by atoms with Crippen LogP contribution in [0.15, 0.2) is 24.5 Å². The highest BCUT2D eigenvalue weighted by molar-refractivity contribution is 5.79. The molecule has 1 aromatic rings. The quantitative estimate of drug-likeness (QED) is 0.828. The van der Waals surface area contributed by atoms with Crippen molar-refractivity contribution < 1.29 is 9.59 Å². The van der Waals surface area contributed by atoms with Crippen molar-refractivity contribution in [3.63, 3.8) is 0 Å². The number of hydrogen-bond donors (Lipinski definition) is 0. The molecule has 0 unspecified atom stereocenters. The molecule has 6 nitrogen and oxygen atoms in total. The normalized spacial score (nSPS) is 23.6. The number of likely N-dealkylation sites (tertiary alicyclic amines) is 2. The molecular weight excluding hydrogens is 304 g/mol. The lowest BCUT2D eigenvalue weighted by Crippen LogP contribution is -2.48. The first-order valence-electron chi connectivity index (χ1n) is 8.62. The minimum Gasteiger partial charge on any atom is -0.342 e. The van der Waals surface area contributed by atoms with Crippen molar-refractivity contribution in [1.82, 2.24) is 19.7 Å². The van der Waals surface area contributed by atoms with Gasteiger partial charge in [0.15, 0.2) is 0 Å². The second kappa shape index (κ2) is 6.79. The van der Waals surface area contributed by atoms with Gasteiger partial charge in [0.1, 0.15) is 0 Å². The van der Waals surface area contributed by atoms with Crippen LogP contribution < -0.4 is 0 Å². The van der Waals surface area contributed by atoms with Gasteiger partial charge in [0.05, 0.1) is 6.42 Å². The molecule has 3 rings (SSSR count). The Morgan fingerprint density at radius 1 is 1.21 bits per heavy atom. The highest BCUT2D eigenvalue weighted by Crippen LogP contribution is 2.39. The molecule has 3 amide bonds. The highest BCUT2D eigenvalue weighted by Gasteiger charge is 2.43. The zero-order valence-corrected chi connectivity index (χ0v) is 14.6. The van der Waals surface area contributed by atoms with Crippen LogP contribution in [0, 0.1) is 5.41 Å². The summed E-state index contributed by atoms with van der Waals surface area (Å²) >= 11 is 0. The third-order valence-electron chi connectivity index (χ3n) is 5.18. The second-order valence-corrected chi connectivity index (χ2v) is 7.31. The average Bonchev–Trinajstić information content (AvgIpc) is 2.98. The molecular formula is C18H26N4O2. The molecule has 2 fully saturated rings. The Bertz CT molecular complexity index is 604. The standard InChI is InChI=1S/C18H26N4O2/c1-20(2)17(24)22-10-7-18(14-22)6-4-9-21(13-18)16(23)11-15-5-3-8-19-12-15/h3,5,8,12H,4,6-7,9-11,13-14H2,1-2H3/t18-/m1/s1. The first kappa shape index (κ1) is 16.7. The third-order valence-corrected chi connectivity index (χ3v) is 5.18. The van der Waals surface area contributed by atoms with Gasteiger partial charge in [-0.3, -0.25) is 9.78 Å². The van der Waals surface area contributed by atoms with Crippen LogP contribution in [0.1, 0.15) is 24.8 Å². The predicted molar refractivity (Wildman–Crippen MR) is 91.5 cm³/mol. The van der Waals surface area contributed by atoms with Crippen molar-refractivity contribution >= 4 is 11.9 Å². The molecule has 2 aliphatic rings. The van der Waals surface area contributed by atoms with E-state index in [4.69, 9.17) is 0 Å². The van der Waals surface area contributed by atoms with Crippen molar-refractivity contribution in [3.05, 3.63) is 30.1 Å². The minimum absolute atomic E-state index is 0.0747. The predicted octanol–water partition coefficient (Wildman–Crippen LogP) is 1.62. The van der Waals surface area contributed by atoms with E-state index in [2.05, 4.69) is 4.98 Å². The second-order valence-electron chi connectivity index (χ2n) is 7.31. The van der Waals surface area contributed by atoms with E-state index in [-0.39, 0.29) is 17.4 Å². The van der Waals surface area contributed by atoms with Crippen molar-refractivity contribution in [2.45, 2.75) is 25.7 Å². The van der Waals surface area contributed by atoms with Crippen LogP contribution in [-0.4, -0.2) is 71.9 Å². The molecule has 0 aliphatic carbocycles. The first-order chi connectivity index (χ1) is 11.5. The van der Waals surface area contributed by atoms with Crippen LogP contribution in [0.5, 0.6) is 0 Å².